The van der Waals surface area contributed by atoms with Gasteiger partial charge in [-0.25, -0.2) is 19.7 Å². The quantitative estimate of drug-likeness (QED) is 0.750. The van der Waals surface area contributed by atoms with Gasteiger partial charge in [-0.05, 0) is 32.0 Å². The van der Waals surface area contributed by atoms with Crippen molar-refractivity contribution in [3.8, 4) is 0 Å². The zero-order valence-corrected chi connectivity index (χ0v) is 15.3. The molecule has 140 valence electrons. The predicted octanol–water partition coefficient (Wildman–Crippen LogP) is 2.26. The Morgan fingerprint density at radius 1 is 1.19 bits per heavy atom. The van der Waals surface area contributed by atoms with Crippen LogP contribution >= 0.6 is 0 Å². The van der Waals surface area contributed by atoms with Crippen molar-refractivity contribution in [1.29, 1.82) is 0 Å². The number of carbonyl (C=O) groups is 1. The number of rotatable bonds is 4. The number of aryl methyl sites for hydroxylation is 1. The number of aromatic carboxylic acids is 1. The molecular weight excluding hydrogens is 346 g/mol. The summed E-state index contributed by atoms with van der Waals surface area (Å²) in [5, 5.41) is 9.08. The van der Waals surface area contributed by atoms with Crippen LogP contribution in [0.15, 0.2) is 28.9 Å². The molecule has 1 fully saturated rings. The van der Waals surface area contributed by atoms with Crippen LogP contribution in [0, 0.1) is 13.8 Å². The third-order valence-electron chi connectivity index (χ3n) is 5.02. The van der Waals surface area contributed by atoms with Crippen LogP contribution in [0.3, 0.4) is 0 Å². The highest BCUT2D eigenvalue weighted by atomic mass is 16.4. The molecule has 3 aromatic rings. The van der Waals surface area contributed by atoms with Crippen molar-refractivity contribution in [2.45, 2.75) is 20.4 Å². The first-order valence-corrected chi connectivity index (χ1v) is 8.89. The molecule has 1 N–H and O–H groups in total. The van der Waals surface area contributed by atoms with Gasteiger partial charge in [-0.15, -0.1) is 0 Å². The van der Waals surface area contributed by atoms with E-state index in [1.54, 1.807) is 18.5 Å². The van der Waals surface area contributed by atoms with E-state index >= 15 is 0 Å². The summed E-state index contributed by atoms with van der Waals surface area (Å²) in [5.41, 5.74) is 3.53. The molecule has 27 heavy (non-hydrogen) atoms. The maximum atomic E-state index is 11.1. The monoisotopic (exact) mass is 367 g/mol. The number of anilines is 1. The summed E-state index contributed by atoms with van der Waals surface area (Å²) in [6, 6.07) is 4.75. The lowest BCUT2D eigenvalue weighted by Crippen LogP contribution is -2.46. The summed E-state index contributed by atoms with van der Waals surface area (Å²) in [6.45, 7) is 8.16. The standard InChI is InChI=1S/C19H21N5O3/c1-12-13(2)20-11-21-18(12)24-7-5-23(6-8-24)10-17-22-15-4-3-14(19(25)26)9-16(15)27-17/h3-4,9,11H,5-8,10H2,1-2H3,(H,25,26). The summed E-state index contributed by atoms with van der Waals surface area (Å²) in [6.07, 6.45) is 1.62. The van der Waals surface area contributed by atoms with Crippen molar-refractivity contribution in [2.75, 3.05) is 31.1 Å². The minimum absolute atomic E-state index is 0.203. The van der Waals surface area contributed by atoms with E-state index in [-0.39, 0.29) is 5.56 Å². The molecule has 2 aromatic heterocycles. The van der Waals surface area contributed by atoms with E-state index in [0.29, 0.717) is 23.5 Å². The molecule has 0 saturated carbocycles. The second-order valence-corrected chi connectivity index (χ2v) is 6.77. The van der Waals surface area contributed by atoms with Gasteiger partial charge in [-0.3, -0.25) is 4.90 Å². The summed E-state index contributed by atoms with van der Waals surface area (Å²) in [5.74, 6) is 0.640. The highest BCUT2D eigenvalue weighted by Crippen LogP contribution is 2.22. The number of carboxylic acids is 1. The van der Waals surface area contributed by atoms with Crippen LogP contribution in [0.4, 0.5) is 5.82 Å². The van der Waals surface area contributed by atoms with Crippen LogP contribution in [0.25, 0.3) is 11.1 Å². The Kier molecular flexibility index (Phi) is 4.49. The Labute approximate surface area is 156 Å². The van der Waals surface area contributed by atoms with Crippen molar-refractivity contribution in [3.63, 3.8) is 0 Å². The lowest BCUT2D eigenvalue weighted by atomic mass is 10.2. The number of nitrogens with zero attached hydrogens (tertiary/aromatic N) is 5. The first-order valence-electron chi connectivity index (χ1n) is 8.89. The minimum atomic E-state index is -0.971. The second kappa shape index (κ2) is 6.96. The Morgan fingerprint density at radius 2 is 1.96 bits per heavy atom. The molecule has 4 rings (SSSR count). The molecule has 0 radical (unpaired) electrons. The van der Waals surface area contributed by atoms with Crippen LogP contribution in [0.5, 0.6) is 0 Å². The van der Waals surface area contributed by atoms with Gasteiger partial charge in [0, 0.05) is 37.4 Å². The van der Waals surface area contributed by atoms with Gasteiger partial charge in [-0.1, -0.05) is 0 Å². The molecule has 1 aliphatic rings. The van der Waals surface area contributed by atoms with Crippen molar-refractivity contribution in [2.24, 2.45) is 0 Å². The van der Waals surface area contributed by atoms with Crippen molar-refractivity contribution in [1.82, 2.24) is 19.9 Å². The molecule has 8 nitrogen and oxygen atoms in total. The molecule has 0 aliphatic carbocycles. The van der Waals surface area contributed by atoms with E-state index in [0.717, 1.165) is 43.3 Å². The number of fused-ring (bicyclic) bond motifs is 1. The molecule has 0 bridgehead atoms. The van der Waals surface area contributed by atoms with Gasteiger partial charge in [0.25, 0.3) is 0 Å². The van der Waals surface area contributed by atoms with Crippen molar-refractivity contribution in [3.05, 3.63) is 47.2 Å². The van der Waals surface area contributed by atoms with E-state index in [4.69, 9.17) is 9.52 Å². The Morgan fingerprint density at radius 3 is 2.70 bits per heavy atom. The van der Waals surface area contributed by atoms with Gasteiger partial charge in [0.1, 0.15) is 17.7 Å². The Balaban J connectivity index is 1.42. The lowest BCUT2D eigenvalue weighted by Gasteiger charge is -2.35. The number of hydrogen-bond donors (Lipinski definition) is 1. The fraction of sp³-hybridized carbons (Fsp3) is 0.368. The normalized spacial score (nSPS) is 15.4. The van der Waals surface area contributed by atoms with Gasteiger partial charge >= 0.3 is 5.97 Å². The highest BCUT2D eigenvalue weighted by molar-refractivity contribution is 5.91. The van der Waals surface area contributed by atoms with Gasteiger partial charge in [0.2, 0.25) is 5.89 Å². The van der Waals surface area contributed by atoms with Crippen LogP contribution < -0.4 is 4.90 Å². The van der Waals surface area contributed by atoms with E-state index < -0.39 is 5.97 Å². The number of oxazole rings is 1. The average molecular weight is 367 g/mol. The first-order chi connectivity index (χ1) is 13.0. The SMILES string of the molecule is Cc1ncnc(N2CCN(Cc3nc4ccc(C(=O)O)cc4o3)CC2)c1C. The zero-order valence-electron chi connectivity index (χ0n) is 15.3. The van der Waals surface area contributed by atoms with E-state index in [2.05, 4.69) is 31.7 Å². The number of benzene rings is 1. The zero-order chi connectivity index (χ0) is 19.0. The van der Waals surface area contributed by atoms with Crippen LogP contribution in [0.1, 0.15) is 27.5 Å². The molecule has 3 heterocycles. The molecule has 1 aromatic carbocycles. The van der Waals surface area contributed by atoms with Crippen LogP contribution in [0.2, 0.25) is 0 Å². The summed E-state index contributed by atoms with van der Waals surface area (Å²) >= 11 is 0. The minimum Gasteiger partial charge on any atom is -0.478 e. The lowest BCUT2D eigenvalue weighted by molar-refractivity contribution is 0.0697. The molecule has 1 aliphatic heterocycles. The number of hydrogen-bond acceptors (Lipinski definition) is 7. The fourth-order valence-corrected chi connectivity index (χ4v) is 3.33. The number of aromatic nitrogens is 3. The van der Waals surface area contributed by atoms with Crippen LogP contribution in [-0.4, -0.2) is 57.1 Å². The maximum absolute atomic E-state index is 11.1. The number of carboxylic acid groups (broad SMARTS) is 1. The molecule has 0 atom stereocenters. The molecule has 8 heteroatoms. The summed E-state index contributed by atoms with van der Waals surface area (Å²) < 4.78 is 5.76. The molecule has 0 spiro atoms. The van der Waals surface area contributed by atoms with Crippen molar-refractivity contribution < 1.29 is 14.3 Å². The largest absolute Gasteiger partial charge is 0.478 e. The van der Waals surface area contributed by atoms with E-state index in [1.165, 1.54) is 6.07 Å². The molecular formula is C19H21N5O3. The van der Waals surface area contributed by atoms with Crippen molar-refractivity contribution >= 4 is 22.9 Å². The third kappa shape index (κ3) is 3.48. The van der Waals surface area contributed by atoms with E-state index in [9.17, 15) is 4.79 Å². The third-order valence-corrected chi connectivity index (χ3v) is 5.02. The van der Waals surface area contributed by atoms with Gasteiger partial charge < -0.3 is 14.4 Å². The Bertz CT molecular complexity index is 992. The van der Waals surface area contributed by atoms with Crippen LogP contribution in [-0.2, 0) is 6.54 Å². The average Bonchev–Trinajstić information content (AvgIpc) is 3.06. The van der Waals surface area contributed by atoms with Gasteiger partial charge in [0.05, 0.1) is 12.1 Å². The first kappa shape index (κ1) is 17.4. The predicted molar refractivity (Wildman–Crippen MR) is 100.0 cm³/mol. The van der Waals surface area contributed by atoms with E-state index in [1.807, 2.05) is 6.92 Å². The molecule has 1 saturated heterocycles. The second-order valence-electron chi connectivity index (χ2n) is 6.77. The van der Waals surface area contributed by atoms with Gasteiger partial charge in [0.15, 0.2) is 5.58 Å². The topological polar surface area (TPSA) is 95.6 Å². The van der Waals surface area contributed by atoms with Gasteiger partial charge in [-0.2, -0.15) is 0 Å². The smallest absolute Gasteiger partial charge is 0.335 e. The summed E-state index contributed by atoms with van der Waals surface area (Å²) in [7, 11) is 0. The summed E-state index contributed by atoms with van der Waals surface area (Å²) in [4.78, 5) is 28.8. The maximum Gasteiger partial charge on any atom is 0.335 e. The fourth-order valence-electron chi connectivity index (χ4n) is 3.33. The number of piperazine rings is 1. The highest BCUT2D eigenvalue weighted by Gasteiger charge is 2.21. The molecule has 0 amide bonds. The Hall–Kier alpha value is -3.00. The molecule has 0 unspecified atom stereocenters.